The van der Waals surface area contributed by atoms with Crippen LogP contribution in [0.5, 0.6) is 0 Å². The molecule has 0 radical (unpaired) electrons. The number of rotatable bonds is 0. The second-order valence-electron chi connectivity index (χ2n) is 3.96. The summed E-state index contributed by atoms with van der Waals surface area (Å²) in [4.78, 5) is 0. The molecular weight excluding hydrogens is 331 g/mol. The first-order chi connectivity index (χ1) is 6.96. The molecule has 1 aromatic carbocycles. The molecule has 0 N–H and O–H groups in total. The Morgan fingerprint density at radius 1 is 0.800 bits per heavy atom. The first kappa shape index (κ1) is 21.4. The molecule has 0 atom stereocenters. The van der Waals surface area contributed by atoms with E-state index in [0.717, 1.165) is 0 Å². The summed E-state index contributed by atoms with van der Waals surface area (Å²) in [6.07, 6.45) is 0. The van der Waals surface area contributed by atoms with Crippen molar-refractivity contribution >= 4 is 25.5 Å². The van der Waals surface area contributed by atoms with E-state index in [9.17, 15) is 0 Å². The van der Waals surface area contributed by atoms with Gasteiger partial charge in [-0.05, 0) is 15.8 Å². The fraction of sp³-hybridized carbons (Fsp3) is 0.545. The Kier molecular flexibility index (Phi) is 29.3. The Morgan fingerprint density at radius 2 is 1.00 bits per heavy atom. The minimum absolute atomic E-state index is 0.120. The van der Waals surface area contributed by atoms with Gasteiger partial charge in [0.15, 0.2) is 0 Å². The van der Waals surface area contributed by atoms with Gasteiger partial charge in [-0.3, -0.25) is 0 Å². The fourth-order valence-electron chi connectivity index (χ4n) is 0.321. The minimum atomic E-state index is 0.120. The summed E-state index contributed by atoms with van der Waals surface area (Å²) in [6, 6.07) is 10.0. The Balaban J connectivity index is -0.000000135. The van der Waals surface area contributed by atoms with Crippen LogP contribution >= 0.6 is 25.5 Å². The second-order valence-corrected chi connectivity index (χ2v) is 9.96. The van der Waals surface area contributed by atoms with Crippen molar-refractivity contribution in [2.24, 2.45) is 0 Å². The minimum Gasteiger partial charge on any atom is -0.214 e. The standard InChI is InChI=1S/C5H5.2C3H9P.ClH.Ru/c1-2-4-5-3-1;2*1-4(2)3;;/h1-5H;2*1-3H3;1H;/q-1;;;;+1/p+1. The molecule has 4 heteroatoms. The molecule has 0 aromatic heterocycles. The van der Waals surface area contributed by atoms with Crippen molar-refractivity contribution in [1.82, 2.24) is 0 Å². The number of hydrogen-bond donors (Lipinski definition) is 0. The molecule has 0 amide bonds. The van der Waals surface area contributed by atoms with Crippen molar-refractivity contribution in [3.8, 4) is 0 Å². The summed E-state index contributed by atoms with van der Waals surface area (Å²) in [5, 5.41) is 0. The molecule has 0 aliphatic heterocycles. The largest absolute Gasteiger partial charge is 0.214 e. The average molecular weight is 356 g/mol. The smallest absolute Gasteiger partial charge is 0.172 e. The van der Waals surface area contributed by atoms with E-state index in [1.165, 1.54) is 0 Å². The molecule has 1 aromatic rings. The van der Waals surface area contributed by atoms with E-state index in [1.54, 1.807) is 0 Å². The van der Waals surface area contributed by atoms with Gasteiger partial charge in [-0.15, -0.1) is 0 Å². The van der Waals surface area contributed by atoms with Crippen LogP contribution in [0, 0.1) is 0 Å². The second kappa shape index (κ2) is 20.5. The topological polar surface area (TPSA) is 0 Å². The molecule has 0 saturated carbocycles. The van der Waals surface area contributed by atoms with Gasteiger partial charge < -0.3 is 0 Å². The first-order valence-corrected chi connectivity index (χ1v) is 13.0. The molecule has 1 rings (SSSR count). The maximum atomic E-state index is 4.57. The molecule has 0 fully saturated rings. The van der Waals surface area contributed by atoms with Gasteiger partial charge in [-0.2, -0.15) is 18.2 Å². The Labute approximate surface area is 113 Å². The molecule has 0 aliphatic rings. The monoisotopic (exact) mass is 356 g/mol. The van der Waals surface area contributed by atoms with Gasteiger partial charge in [0.1, 0.15) is 0 Å². The molecule has 0 saturated heterocycles. The van der Waals surface area contributed by atoms with Gasteiger partial charge in [0.25, 0.3) is 0 Å². The summed E-state index contributed by atoms with van der Waals surface area (Å²) in [6.45, 7) is 13.6. The molecule has 0 spiro atoms. The molecule has 93 valence electrons. The van der Waals surface area contributed by atoms with Gasteiger partial charge in [0.05, 0.1) is 0 Å². The summed E-state index contributed by atoms with van der Waals surface area (Å²) in [7, 11) is 4.81. The SMILES string of the molecule is C[PH+](C)C.C[PH+](C)C.[Cl][Ru].c1cc[cH-]c1. The van der Waals surface area contributed by atoms with E-state index in [-0.39, 0.29) is 15.8 Å². The van der Waals surface area contributed by atoms with E-state index in [0.29, 0.717) is 0 Å². The van der Waals surface area contributed by atoms with Gasteiger partial charge in [0.2, 0.25) is 0 Å². The van der Waals surface area contributed by atoms with Crippen LogP contribution in [0.25, 0.3) is 0 Å². The third-order valence-corrected chi connectivity index (χ3v) is 0.556. The third kappa shape index (κ3) is 69.5. The Bertz CT molecular complexity index is 125. The maximum absolute atomic E-state index is 4.57. The Morgan fingerprint density at radius 3 is 1.07 bits per heavy atom. The zero-order valence-corrected chi connectivity index (χ0v) is 15.1. The van der Waals surface area contributed by atoms with Crippen LogP contribution in [0.3, 0.4) is 0 Å². The van der Waals surface area contributed by atoms with E-state index < -0.39 is 0 Å². The normalized spacial score (nSPS) is 7.87. The molecule has 0 heterocycles. The molecule has 0 aliphatic carbocycles. The van der Waals surface area contributed by atoms with Crippen LogP contribution in [0.15, 0.2) is 30.3 Å². The molecule has 15 heavy (non-hydrogen) atoms. The van der Waals surface area contributed by atoms with Crippen molar-refractivity contribution in [2.75, 3.05) is 40.0 Å². The zero-order chi connectivity index (χ0) is 12.7. The molecule has 0 nitrogen and oxygen atoms in total. The van der Waals surface area contributed by atoms with Crippen molar-refractivity contribution in [2.45, 2.75) is 0 Å². The quantitative estimate of drug-likeness (QED) is 0.370. The Hall–Kier alpha value is 1.12. The van der Waals surface area contributed by atoms with Gasteiger partial charge >= 0.3 is 27.0 Å². The van der Waals surface area contributed by atoms with Crippen LogP contribution in [0.4, 0.5) is 0 Å². The van der Waals surface area contributed by atoms with E-state index in [4.69, 9.17) is 0 Å². The molecular formula is C11H25ClP2Ru+. The maximum Gasteiger partial charge on any atom is -0.172 e. The number of halogens is 1. The van der Waals surface area contributed by atoms with Gasteiger partial charge in [-0.1, -0.05) is 0 Å². The van der Waals surface area contributed by atoms with E-state index in [1.807, 2.05) is 47.6 Å². The first-order valence-electron chi connectivity index (χ1n) is 4.80. The van der Waals surface area contributed by atoms with Crippen molar-refractivity contribution in [1.29, 1.82) is 0 Å². The van der Waals surface area contributed by atoms with Crippen molar-refractivity contribution < 1.29 is 17.3 Å². The van der Waals surface area contributed by atoms with Gasteiger partial charge in [0, 0.05) is 40.0 Å². The van der Waals surface area contributed by atoms with Gasteiger partial charge in [-0.25, -0.2) is 12.1 Å². The third-order valence-electron chi connectivity index (χ3n) is 0.556. The zero-order valence-electron chi connectivity index (χ0n) is 10.6. The van der Waals surface area contributed by atoms with E-state index in [2.05, 4.69) is 49.7 Å². The number of hydrogen-bond acceptors (Lipinski definition) is 0. The van der Waals surface area contributed by atoms with E-state index >= 15 is 0 Å². The van der Waals surface area contributed by atoms with Crippen LogP contribution in [-0.4, -0.2) is 40.0 Å². The summed E-state index contributed by atoms with van der Waals surface area (Å²) >= 11 is 1.82. The fourth-order valence-corrected chi connectivity index (χ4v) is 0.321. The van der Waals surface area contributed by atoms with Crippen LogP contribution in [0.1, 0.15) is 0 Å². The van der Waals surface area contributed by atoms with Crippen LogP contribution in [0.2, 0.25) is 0 Å². The molecule has 0 unspecified atom stereocenters. The van der Waals surface area contributed by atoms with Crippen LogP contribution in [-0.2, 0) is 17.3 Å². The molecule has 0 bridgehead atoms. The summed E-state index contributed by atoms with van der Waals surface area (Å²) < 4.78 is 0. The predicted molar refractivity (Wildman–Crippen MR) is 80.1 cm³/mol. The van der Waals surface area contributed by atoms with Crippen molar-refractivity contribution in [3.05, 3.63) is 30.3 Å². The predicted octanol–water partition coefficient (Wildman–Crippen LogP) is 4.27. The summed E-state index contributed by atoms with van der Waals surface area (Å²) in [5.41, 5.74) is 0. The summed E-state index contributed by atoms with van der Waals surface area (Å²) in [5.74, 6) is 0. The van der Waals surface area contributed by atoms with Crippen molar-refractivity contribution in [3.63, 3.8) is 0 Å². The van der Waals surface area contributed by atoms with Crippen LogP contribution < -0.4 is 0 Å². The average Bonchev–Trinajstić information content (AvgIpc) is 2.61.